The van der Waals surface area contributed by atoms with Crippen LogP contribution in [-0.4, -0.2) is 16.9 Å². The first-order chi connectivity index (χ1) is 6.15. The number of hydrogen-bond donors (Lipinski definition) is 0. The fraction of sp³-hybridized carbons (Fsp3) is 0.200. The summed E-state index contributed by atoms with van der Waals surface area (Å²) in [5.41, 5.74) is 1.44. The van der Waals surface area contributed by atoms with Crippen molar-refractivity contribution in [3.8, 4) is 0 Å². The van der Waals surface area contributed by atoms with Crippen LogP contribution in [0, 0.1) is 6.92 Å². The number of hydrogen-bond acceptors (Lipinski definition) is 2. The van der Waals surface area contributed by atoms with Gasteiger partial charge < -0.3 is 0 Å². The van der Waals surface area contributed by atoms with Crippen molar-refractivity contribution in [3.05, 3.63) is 35.4 Å². The molecule has 0 heterocycles. The molecule has 0 spiro atoms. The highest BCUT2D eigenvalue weighted by Gasteiger charge is 2.13. The summed E-state index contributed by atoms with van der Waals surface area (Å²) in [7, 11) is 0. The zero-order chi connectivity index (χ0) is 9.84. The molecule has 0 atom stereocenters. The monoisotopic (exact) mass is 240 g/mol. The maximum absolute atomic E-state index is 11.3. The van der Waals surface area contributed by atoms with E-state index in [1.165, 1.54) is 0 Å². The van der Waals surface area contributed by atoms with Gasteiger partial charge in [0.1, 0.15) is 0 Å². The van der Waals surface area contributed by atoms with Crippen molar-refractivity contribution in [2.45, 2.75) is 6.92 Å². The summed E-state index contributed by atoms with van der Waals surface area (Å²) in [6.07, 6.45) is 0. The first kappa shape index (κ1) is 10.1. The minimum atomic E-state index is -0.430. The molecular formula is C10H9BrO2. The van der Waals surface area contributed by atoms with Gasteiger partial charge in [0.2, 0.25) is 11.6 Å². The Kier molecular flexibility index (Phi) is 3.37. The van der Waals surface area contributed by atoms with Crippen LogP contribution in [0.1, 0.15) is 15.9 Å². The van der Waals surface area contributed by atoms with Crippen molar-refractivity contribution in [1.82, 2.24) is 0 Å². The molecule has 0 bridgehead atoms. The zero-order valence-corrected chi connectivity index (χ0v) is 8.80. The SMILES string of the molecule is Cc1cccc(C(=O)C(=O)CBr)c1. The minimum absolute atomic E-state index is 0.0831. The van der Waals surface area contributed by atoms with Crippen LogP contribution in [0.4, 0.5) is 0 Å². The number of alkyl halides is 1. The lowest BCUT2D eigenvalue weighted by Crippen LogP contribution is -2.14. The highest BCUT2D eigenvalue weighted by atomic mass is 79.9. The normalized spacial score (nSPS) is 9.69. The molecule has 0 saturated heterocycles. The van der Waals surface area contributed by atoms with E-state index in [0.717, 1.165) is 5.56 Å². The van der Waals surface area contributed by atoms with Gasteiger partial charge in [-0.25, -0.2) is 0 Å². The van der Waals surface area contributed by atoms with E-state index in [0.29, 0.717) is 5.56 Å². The molecule has 1 aromatic carbocycles. The second-order valence-electron chi connectivity index (χ2n) is 2.76. The van der Waals surface area contributed by atoms with Crippen molar-refractivity contribution in [2.75, 3.05) is 5.33 Å². The number of ketones is 2. The van der Waals surface area contributed by atoms with Crippen LogP contribution in [0.2, 0.25) is 0 Å². The number of carbonyl (C=O) groups is 2. The molecule has 0 fully saturated rings. The van der Waals surface area contributed by atoms with Gasteiger partial charge in [0, 0.05) is 5.56 Å². The van der Waals surface area contributed by atoms with Crippen molar-refractivity contribution in [3.63, 3.8) is 0 Å². The lowest BCUT2D eigenvalue weighted by atomic mass is 10.1. The minimum Gasteiger partial charge on any atom is -0.290 e. The van der Waals surface area contributed by atoms with Gasteiger partial charge in [0.15, 0.2) is 0 Å². The van der Waals surface area contributed by atoms with Crippen LogP contribution >= 0.6 is 15.9 Å². The van der Waals surface area contributed by atoms with Crippen molar-refractivity contribution in [2.24, 2.45) is 0 Å². The summed E-state index contributed by atoms with van der Waals surface area (Å²) in [4.78, 5) is 22.4. The molecule has 0 aliphatic carbocycles. The third-order valence-electron chi connectivity index (χ3n) is 1.65. The second-order valence-corrected chi connectivity index (χ2v) is 3.32. The lowest BCUT2D eigenvalue weighted by Gasteiger charge is -1.98. The Morgan fingerprint density at radius 1 is 1.38 bits per heavy atom. The molecule has 0 aliphatic rings. The fourth-order valence-corrected chi connectivity index (χ4v) is 1.26. The number of benzene rings is 1. The molecule has 0 radical (unpaired) electrons. The first-order valence-corrected chi connectivity index (χ1v) is 4.97. The Morgan fingerprint density at radius 2 is 2.08 bits per heavy atom. The van der Waals surface area contributed by atoms with Gasteiger partial charge in [-0.05, 0) is 13.0 Å². The van der Waals surface area contributed by atoms with E-state index in [1.807, 2.05) is 13.0 Å². The van der Waals surface area contributed by atoms with Crippen LogP contribution in [0.15, 0.2) is 24.3 Å². The van der Waals surface area contributed by atoms with Gasteiger partial charge >= 0.3 is 0 Å². The largest absolute Gasteiger partial charge is 0.290 e. The topological polar surface area (TPSA) is 34.1 Å². The van der Waals surface area contributed by atoms with Crippen molar-refractivity contribution in [1.29, 1.82) is 0 Å². The molecule has 0 aromatic heterocycles. The maximum Gasteiger partial charge on any atom is 0.229 e. The predicted octanol–water partition coefficient (Wildman–Crippen LogP) is 2.14. The van der Waals surface area contributed by atoms with Crippen LogP contribution < -0.4 is 0 Å². The number of Topliss-reactive ketones (excluding diaryl/α,β-unsaturated/α-hetero) is 2. The predicted molar refractivity (Wildman–Crippen MR) is 54.3 cm³/mol. The van der Waals surface area contributed by atoms with Crippen LogP contribution in [0.25, 0.3) is 0 Å². The van der Waals surface area contributed by atoms with Gasteiger partial charge in [0.05, 0.1) is 5.33 Å². The number of halogens is 1. The Balaban J connectivity index is 2.95. The van der Waals surface area contributed by atoms with Crippen LogP contribution in [-0.2, 0) is 4.79 Å². The maximum atomic E-state index is 11.3. The van der Waals surface area contributed by atoms with E-state index in [2.05, 4.69) is 15.9 Å². The third kappa shape index (κ3) is 2.49. The van der Waals surface area contributed by atoms with E-state index in [9.17, 15) is 9.59 Å². The molecule has 0 saturated carbocycles. The summed E-state index contributed by atoms with van der Waals surface area (Å²) in [6.45, 7) is 1.88. The molecule has 0 aliphatic heterocycles. The van der Waals surface area contributed by atoms with Gasteiger partial charge in [-0.3, -0.25) is 9.59 Å². The zero-order valence-electron chi connectivity index (χ0n) is 7.21. The van der Waals surface area contributed by atoms with E-state index in [4.69, 9.17) is 0 Å². The summed E-state index contributed by atoms with van der Waals surface area (Å²) in [5.74, 6) is -0.842. The number of aryl methyl sites for hydroxylation is 1. The van der Waals surface area contributed by atoms with E-state index >= 15 is 0 Å². The van der Waals surface area contributed by atoms with Gasteiger partial charge in [0.25, 0.3) is 0 Å². The Bertz CT molecular complexity index is 345. The molecular weight excluding hydrogens is 232 g/mol. The second kappa shape index (κ2) is 4.33. The molecule has 0 unspecified atom stereocenters. The molecule has 1 aromatic rings. The summed E-state index contributed by atoms with van der Waals surface area (Å²) in [6, 6.07) is 7.01. The van der Waals surface area contributed by atoms with E-state index < -0.39 is 11.6 Å². The fourth-order valence-electron chi connectivity index (χ4n) is 1.01. The third-order valence-corrected chi connectivity index (χ3v) is 2.16. The van der Waals surface area contributed by atoms with Crippen molar-refractivity contribution >= 4 is 27.5 Å². The Hall–Kier alpha value is -0.960. The Labute approximate surface area is 85.1 Å². The van der Waals surface area contributed by atoms with Gasteiger partial charge in [-0.2, -0.15) is 0 Å². The smallest absolute Gasteiger partial charge is 0.229 e. The lowest BCUT2D eigenvalue weighted by molar-refractivity contribution is -0.112. The quantitative estimate of drug-likeness (QED) is 0.461. The van der Waals surface area contributed by atoms with Gasteiger partial charge in [-0.15, -0.1) is 0 Å². The molecule has 68 valence electrons. The molecule has 1 rings (SSSR count). The van der Waals surface area contributed by atoms with Crippen LogP contribution in [0.3, 0.4) is 0 Å². The van der Waals surface area contributed by atoms with E-state index in [-0.39, 0.29) is 5.33 Å². The summed E-state index contributed by atoms with van der Waals surface area (Å²) >= 11 is 2.96. The molecule has 0 N–H and O–H groups in total. The highest BCUT2D eigenvalue weighted by Crippen LogP contribution is 2.05. The summed E-state index contributed by atoms with van der Waals surface area (Å²) in [5, 5.41) is 0.0831. The van der Waals surface area contributed by atoms with Gasteiger partial charge in [-0.1, -0.05) is 39.7 Å². The standard InChI is InChI=1S/C10H9BrO2/c1-7-3-2-4-8(5-7)10(13)9(12)6-11/h2-5H,6H2,1H3. The summed E-state index contributed by atoms with van der Waals surface area (Å²) < 4.78 is 0. The molecule has 3 heteroatoms. The average Bonchev–Trinajstić information content (AvgIpc) is 2.15. The van der Waals surface area contributed by atoms with Crippen LogP contribution in [0.5, 0.6) is 0 Å². The number of carbonyl (C=O) groups excluding carboxylic acids is 2. The average molecular weight is 241 g/mol. The van der Waals surface area contributed by atoms with E-state index in [1.54, 1.807) is 18.2 Å². The highest BCUT2D eigenvalue weighted by molar-refractivity contribution is 9.09. The molecule has 2 nitrogen and oxygen atoms in total. The number of rotatable bonds is 3. The molecule has 0 amide bonds. The Morgan fingerprint density at radius 3 is 2.62 bits per heavy atom. The molecule has 13 heavy (non-hydrogen) atoms. The van der Waals surface area contributed by atoms with Crippen molar-refractivity contribution < 1.29 is 9.59 Å². The first-order valence-electron chi connectivity index (χ1n) is 3.85.